The van der Waals surface area contributed by atoms with Gasteiger partial charge in [-0.25, -0.2) is 0 Å². The standard InChI is InChI=1S/C18H16ClN3O2/c19-13-6-2-1-5-12(13)17(23)20-11-9-16-18(24)21-14-7-3-4-8-15(14)22(16)10-11/h1-8,11,16H,9-10H2,(H,20,23)(H,21,24). The zero-order valence-corrected chi connectivity index (χ0v) is 13.6. The molecule has 0 saturated carbocycles. The van der Waals surface area contributed by atoms with Gasteiger partial charge >= 0.3 is 0 Å². The molecule has 0 aliphatic carbocycles. The van der Waals surface area contributed by atoms with E-state index in [2.05, 4.69) is 15.5 Å². The maximum Gasteiger partial charge on any atom is 0.253 e. The maximum absolute atomic E-state index is 12.4. The van der Waals surface area contributed by atoms with Crippen LogP contribution in [0.4, 0.5) is 11.4 Å². The van der Waals surface area contributed by atoms with Crippen molar-refractivity contribution in [1.29, 1.82) is 0 Å². The summed E-state index contributed by atoms with van der Waals surface area (Å²) in [5.74, 6) is -0.234. The number of hydrogen-bond acceptors (Lipinski definition) is 3. The molecule has 0 bridgehead atoms. The van der Waals surface area contributed by atoms with Crippen LogP contribution in [0.5, 0.6) is 0 Å². The Balaban J connectivity index is 1.54. The minimum atomic E-state index is -0.253. The van der Waals surface area contributed by atoms with Crippen LogP contribution in [0.15, 0.2) is 48.5 Å². The van der Waals surface area contributed by atoms with E-state index in [1.54, 1.807) is 24.3 Å². The smallest absolute Gasteiger partial charge is 0.253 e. The molecule has 2 N–H and O–H groups in total. The first-order valence-corrected chi connectivity index (χ1v) is 8.23. The molecule has 2 unspecified atom stereocenters. The Kier molecular flexibility index (Phi) is 3.65. The molecule has 2 heterocycles. The highest BCUT2D eigenvalue weighted by atomic mass is 35.5. The summed E-state index contributed by atoms with van der Waals surface area (Å²) in [6, 6.07) is 14.3. The van der Waals surface area contributed by atoms with Gasteiger partial charge in [0.05, 0.1) is 22.0 Å². The third kappa shape index (κ3) is 2.51. The number of halogens is 1. The van der Waals surface area contributed by atoms with E-state index in [-0.39, 0.29) is 23.9 Å². The quantitative estimate of drug-likeness (QED) is 0.882. The van der Waals surface area contributed by atoms with Gasteiger partial charge < -0.3 is 15.5 Å². The molecule has 2 aliphatic heterocycles. The van der Waals surface area contributed by atoms with Crippen molar-refractivity contribution < 1.29 is 9.59 Å². The number of rotatable bonds is 2. The first kappa shape index (κ1) is 15.0. The predicted octanol–water partition coefficient (Wildman–Crippen LogP) is 2.67. The first-order valence-electron chi connectivity index (χ1n) is 7.85. The van der Waals surface area contributed by atoms with E-state index in [0.29, 0.717) is 23.6 Å². The Bertz CT molecular complexity index is 823. The molecule has 122 valence electrons. The van der Waals surface area contributed by atoms with E-state index in [4.69, 9.17) is 11.6 Å². The summed E-state index contributed by atoms with van der Waals surface area (Å²) >= 11 is 6.08. The van der Waals surface area contributed by atoms with Crippen LogP contribution in [0.2, 0.25) is 5.02 Å². The van der Waals surface area contributed by atoms with Crippen LogP contribution in [0, 0.1) is 0 Å². The summed E-state index contributed by atoms with van der Waals surface area (Å²) in [6.45, 7) is 0.602. The zero-order chi connectivity index (χ0) is 16.7. The Labute approximate surface area is 144 Å². The van der Waals surface area contributed by atoms with Crippen molar-refractivity contribution in [2.75, 3.05) is 16.8 Å². The lowest BCUT2D eigenvalue weighted by atomic mass is 10.1. The minimum absolute atomic E-state index is 0.0248. The van der Waals surface area contributed by atoms with Crippen LogP contribution in [0.3, 0.4) is 0 Å². The molecule has 0 aromatic heterocycles. The van der Waals surface area contributed by atoms with Crippen molar-refractivity contribution in [3.63, 3.8) is 0 Å². The average Bonchev–Trinajstić information content (AvgIpc) is 3.00. The molecule has 1 fully saturated rings. The number of carbonyl (C=O) groups excluding carboxylic acids is 2. The van der Waals surface area contributed by atoms with E-state index >= 15 is 0 Å². The minimum Gasteiger partial charge on any atom is -0.356 e. The summed E-state index contributed by atoms with van der Waals surface area (Å²) in [5.41, 5.74) is 2.27. The SMILES string of the molecule is O=C(NC1CC2C(=O)Nc3ccccc3N2C1)c1ccccc1Cl. The third-order valence-corrected chi connectivity index (χ3v) is 4.86. The summed E-state index contributed by atoms with van der Waals surface area (Å²) in [5, 5.41) is 6.36. The number of benzene rings is 2. The largest absolute Gasteiger partial charge is 0.356 e. The van der Waals surface area contributed by atoms with Crippen molar-refractivity contribution in [2.24, 2.45) is 0 Å². The number of anilines is 2. The Morgan fingerprint density at radius 3 is 2.75 bits per heavy atom. The molecule has 5 nitrogen and oxygen atoms in total. The fourth-order valence-electron chi connectivity index (χ4n) is 3.41. The monoisotopic (exact) mass is 341 g/mol. The molecule has 2 aliphatic rings. The second-order valence-electron chi connectivity index (χ2n) is 6.06. The van der Waals surface area contributed by atoms with Gasteiger partial charge in [-0.15, -0.1) is 0 Å². The maximum atomic E-state index is 12.4. The highest BCUT2D eigenvalue weighted by Gasteiger charge is 2.41. The molecule has 2 atom stereocenters. The molecule has 1 saturated heterocycles. The fraction of sp³-hybridized carbons (Fsp3) is 0.222. The molecular weight excluding hydrogens is 326 g/mol. The lowest BCUT2D eigenvalue weighted by molar-refractivity contribution is -0.117. The molecule has 0 radical (unpaired) electrons. The van der Waals surface area contributed by atoms with Crippen LogP contribution in [-0.2, 0) is 4.79 Å². The molecule has 4 rings (SSSR count). The topological polar surface area (TPSA) is 61.4 Å². The summed E-state index contributed by atoms with van der Waals surface area (Å²) in [4.78, 5) is 26.8. The molecule has 2 aromatic carbocycles. The number of para-hydroxylation sites is 2. The van der Waals surface area contributed by atoms with Crippen LogP contribution in [-0.4, -0.2) is 30.4 Å². The van der Waals surface area contributed by atoms with Crippen molar-refractivity contribution in [1.82, 2.24) is 5.32 Å². The van der Waals surface area contributed by atoms with Crippen LogP contribution >= 0.6 is 11.6 Å². The third-order valence-electron chi connectivity index (χ3n) is 4.53. The van der Waals surface area contributed by atoms with Gasteiger partial charge in [0, 0.05) is 12.6 Å². The molecule has 6 heteroatoms. The van der Waals surface area contributed by atoms with E-state index < -0.39 is 0 Å². The van der Waals surface area contributed by atoms with Crippen LogP contribution < -0.4 is 15.5 Å². The molecule has 24 heavy (non-hydrogen) atoms. The zero-order valence-electron chi connectivity index (χ0n) is 12.8. The lowest BCUT2D eigenvalue weighted by Gasteiger charge is -2.32. The van der Waals surface area contributed by atoms with Gasteiger partial charge in [-0.05, 0) is 30.7 Å². The second-order valence-corrected chi connectivity index (χ2v) is 6.47. The Morgan fingerprint density at radius 1 is 1.17 bits per heavy atom. The van der Waals surface area contributed by atoms with Crippen molar-refractivity contribution >= 4 is 34.8 Å². The average molecular weight is 342 g/mol. The number of nitrogens with zero attached hydrogens (tertiary/aromatic N) is 1. The van der Waals surface area contributed by atoms with E-state index in [0.717, 1.165) is 11.4 Å². The predicted molar refractivity (Wildman–Crippen MR) is 93.5 cm³/mol. The molecule has 2 aromatic rings. The van der Waals surface area contributed by atoms with Gasteiger partial charge in [0.25, 0.3) is 5.91 Å². The van der Waals surface area contributed by atoms with Gasteiger partial charge in [0.15, 0.2) is 0 Å². The van der Waals surface area contributed by atoms with Gasteiger partial charge in [0.2, 0.25) is 5.91 Å². The second kappa shape index (κ2) is 5.83. The molecular formula is C18H16ClN3O2. The van der Waals surface area contributed by atoms with E-state index in [1.165, 1.54) is 0 Å². The number of nitrogens with one attached hydrogen (secondary N) is 2. The summed E-state index contributed by atoms with van der Waals surface area (Å²) in [6.07, 6.45) is 0.580. The number of amides is 2. The molecule has 2 amide bonds. The first-order chi connectivity index (χ1) is 11.6. The normalized spacial score (nSPS) is 21.7. The van der Waals surface area contributed by atoms with Crippen LogP contribution in [0.1, 0.15) is 16.8 Å². The number of carbonyl (C=O) groups is 2. The summed E-state index contributed by atoms with van der Waals surface area (Å²) in [7, 11) is 0. The Morgan fingerprint density at radius 2 is 1.92 bits per heavy atom. The van der Waals surface area contributed by atoms with Gasteiger partial charge in [-0.1, -0.05) is 35.9 Å². The fourth-order valence-corrected chi connectivity index (χ4v) is 3.63. The van der Waals surface area contributed by atoms with E-state index in [9.17, 15) is 9.59 Å². The van der Waals surface area contributed by atoms with Gasteiger partial charge in [0.1, 0.15) is 6.04 Å². The van der Waals surface area contributed by atoms with Crippen molar-refractivity contribution in [2.45, 2.75) is 18.5 Å². The Hall–Kier alpha value is -2.53. The molecule has 0 spiro atoms. The van der Waals surface area contributed by atoms with Crippen molar-refractivity contribution in [3.8, 4) is 0 Å². The van der Waals surface area contributed by atoms with Crippen molar-refractivity contribution in [3.05, 3.63) is 59.1 Å². The van der Waals surface area contributed by atoms with Gasteiger partial charge in [-0.2, -0.15) is 0 Å². The van der Waals surface area contributed by atoms with E-state index in [1.807, 2.05) is 24.3 Å². The number of hydrogen-bond donors (Lipinski definition) is 2. The highest BCUT2D eigenvalue weighted by molar-refractivity contribution is 6.33. The van der Waals surface area contributed by atoms with Crippen LogP contribution in [0.25, 0.3) is 0 Å². The highest BCUT2D eigenvalue weighted by Crippen LogP contribution is 2.36. The lowest BCUT2D eigenvalue weighted by Crippen LogP contribution is -2.44. The van der Waals surface area contributed by atoms with Gasteiger partial charge in [-0.3, -0.25) is 9.59 Å². The number of fused-ring (bicyclic) bond motifs is 3. The summed E-state index contributed by atoms with van der Waals surface area (Å²) < 4.78 is 0.